The van der Waals surface area contributed by atoms with E-state index >= 15 is 4.79 Å². The molecule has 1 saturated carbocycles. The van der Waals surface area contributed by atoms with Gasteiger partial charge in [0.15, 0.2) is 11.5 Å². The van der Waals surface area contributed by atoms with E-state index in [-0.39, 0.29) is 62.4 Å². The average molecular weight is 940 g/mol. The van der Waals surface area contributed by atoms with Crippen molar-refractivity contribution in [1.29, 1.82) is 0 Å². The molecule has 3 aromatic rings. The van der Waals surface area contributed by atoms with Crippen molar-refractivity contribution in [3.8, 4) is 34.5 Å². The van der Waals surface area contributed by atoms with E-state index in [2.05, 4.69) is 18.0 Å². The van der Waals surface area contributed by atoms with E-state index in [0.29, 0.717) is 84.5 Å². The highest BCUT2D eigenvalue weighted by molar-refractivity contribution is 6.03. The van der Waals surface area contributed by atoms with Gasteiger partial charge in [-0.2, -0.15) is 0 Å². The van der Waals surface area contributed by atoms with Gasteiger partial charge in [-0.15, -0.1) is 6.58 Å². The maximum Gasteiger partial charge on any atom is 0.417 e. The highest BCUT2D eigenvalue weighted by atomic mass is 16.8. The van der Waals surface area contributed by atoms with Crippen molar-refractivity contribution >= 4 is 23.4 Å². The van der Waals surface area contributed by atoms with Crippen molar-refractivity contribution < 1.29 is 62.5 Å². The summed E-state index contributed by atoms with van der Waals surface area (Å²) in [5.74, 6) is 0.0972. The van der Waals surface area contributed by atoms with Crippen LogP contribution in [0.25, 0.3) is 0 Å². The zero-order valence-corrected chi connectivity index (χ0v) is 39.3. The van der Waals surface area contributed by atoms with Crippen molar-refractivity contribution in [2.45, 2.75) is 102 Å². The fourth-order valence-corrected chi connectivity index (χ4v) is 10.6. The summed E-state index contributed by atoms with van der Waals surface area (Å²) in [6.07, 6.45) is 10.4. The Hall–Kier alpha value is -5.81. The zero-order valence-electron chi connectivity index (χ0n) is 39.3. The second-order valence-electron chi connectivity index (χ2n) is 17.8. The number of unbranched alkanes of at least 4 members (excludes halogenated alkanes) is 2. The van der Waals surface area contributed by atoms with Crippen LogP contribution in [0, 0.1) is 17.8 Å². The molecule has 3 aromatic carbocycles. The van der Waals surface area contributed by atoms with Gasteiger partial charge in [0, 0.05) is 55.7 Å². The molecule has 3 aliphatic heterocycles. The van der Waals surface area contributed by atoms with Crippen LogP contribution >= 0.6 is 0 Å². The summed E-state index contributed by atoms with van der Waals surface area (Å²) in [4.78, 5) is 37.0. The lowest BCUT2D eigenvalue weighted by Crippen LogP contribution is -2.70. The normalized spacial score (nSPS) is 25.0. The Morgan fingerprint density at radius 2 is 1.74 bits per heavy atom. The van der Waals surface area contributed by atoms with Gasteiger partial charge in [-0.1, -0.05) is 37.1 Å². The first kappa shape index (κ1) is 48.6. The van der Waals surface area contributed by atoms with Crippen LogP contribution in [0.15, 0.2) is 84.1 Å². The van der Waals surface area contributed by atoms with E-state index in [9.17, 15) is 15.0 Å². The van der Waals surface area contributed by atoms with Crippen LogP contribution < -0.4 is 33.7 Å². The minimum absolute atomic E-state index is 0.00959. The van der Waals surface area contributed by atoms with Gasteiger partial charge in [0.1, 0.15) is 29.0 Å². The largest absolute Gasteiger partial charge is 0.497 e. The van der Waals surface area contributed by atoms with Gasteiger partial charge in [0.2, 0.25) is 18.9 Å². The first-order chi connectivity index (χ1) is 33.2. The van der Waals surface area contributed by atoms with Crippen LogP contribution in [0.2, 0.25) is 0 Å². The van der Waals surface area contributed by atoms with Crippen LogP contribution in [0.3, 0.4) is 0 Å². The minimum Gasteiger partial charge on any atom is -0.497 e. The van der Waals surface area contributed by atoms with E-state index in [0.717, 1.165) is 49.7 Å². The third-order valence-corrected chi connectivity index (χ3v) is 13.6. The Bertz CT molecular complexity index is 2310. The summed E-state index contributed by atoms with van der Waals surface area (Å²) in [6.45, 7) is 7.29. The number of aliphatic hydroxyl groups excluding tert-OH is 2. The summed E-state index contributed by atoms with van der Waals surface area (Å²) in [7, 11) is 3.06. The number of oxime groups is 1. The number of anilines is 1. The van der Waals surface area contributed by atoms with Gasteiger partial charge < -0.3 is 57.8 Å². The van der Waals surface area contributed by atoms with Crippen LogP contribution in [-0.2, 0) is 14.3 Å². The van der Waals surface area contributed by atoms with E-state index in [1.165, 1.54) is 7.11 Å². The molecule has 7 atom stereocenters. The number of ether oxygens (including phenoxy) is 8. The van der Waals surface area contributed by atoms with Crippen LogP contribution in [-0.4, -0.2) is 105 Å². The van der Waals surface area contributed by atoms with Gasteiger partial charge >= 0.3 is 6.09 Å². The number of nitrogens with one attached hydrogen (secondary N) is 1. The molecule has 2 amide bonds. The molecule has 5 aliphatic rings. The molecular formula is C52H65N3O13. The molecule has 3 heterocycles. The average Bonchev–Trinajstić information content (AvgIpc) is 3.84. The lowest BCUT2D eigenvalue weighted by molar-refractivity contribution is -0.254. The third kappa shape index (κ3) is 10.3. The molecule has 16 nitrogen and oxygen atoms in total. The van der Waals surface area contributed by atoms with Crippen LogP contribution in [0.1, 0.15) is 99.4 Å². The number of carbonyl (C=O) groups is 2. The number of allylic oxidation sites excluding steroid dienone is 1. The molecule has 2 fully saturated rings. The summed E-state index contributed by atoms with van der Waals surface area (Å²) in [6, 6.07) is 14.9. The fraction of sp³-hybridized carbons (Fsp3) is 0.519. The Labute approximate surface area is 398 Å². The third-order valence-electron chi connectivity index (χ3n) is 13.6. The molecule has 2 aliphatic carbocycles. The quantitative estimate of drug-likeness (QED) is 0.0524. The van der Waals surface area contributed by atoms with E-state index in [1.54, 1.807) is 61.7 Å². The second-order valence-corrected chi connectivity index (χ2v) is 17.8. The van der Waals surface area contributed by atoms with Gasteiger partial charge in [0.05, 0.1) is 44.8 Å². The predicted octanol–water partition coefficient (Wildman–Crippen LogP) is 8.76. The zero-order chi connectivity index (χ0) is 47.6. The van der Waals surface area contributed by atoms with Crippen LogP contribution in [0.5, 0.6) is 34.5 Å². The highest BCUT2D eigenvalue weighted by Crippen LogP contribution is 2.62. The number of nitrogens with zero attached hydrogens (tertiary/aromatic N) is 2. The molecular weight excluding hydrogens is 875 g/mol. The van der Waals surface area contributed by atoms with Gasteiger partial charge in [-0.3, -0.25) is 10.1 Å². The molecule has 16 heteroatoms. The number of amides is 2. The van der Waals surface area contributed by atoms with Crippen molar-refractivity contribution in [1.82, 2.24) is 4.90 Å². The smallest absolute Gasteiger partial charge is 0.417 e. The number of hydrogen-bond acceptors (Lipinski definition) is 14. The molecule has 8 rings (SSSR count). The molecule has 0 bridgehead atoms. The molecule has 68 heavy (non-hydrogen) atoms. The lowest BCUT2D eigenvalue weighted by atomic mass is 9.55. The minimum atomic E-state index is -1.49. The topological polar surface area (TPSA) is 185 Å². The van der Waals surface area contributed by atoms with Crippen molar-refractivity contribution in [2.75, 3.05) is 59.3 Å². The lowest BCUT2D eigenvalue weighted by Gasteiger charge is -2.60. The molecule has 0 spiro atoms. The fourth-order valence-electron chi connectivity index (χ4n) is 10.6. The standard InChI is InChI=1S/C52H65N3O13/c1-5-22-55(50(58)34-16-20-43-45(28-34)64-32-63-43)46-31-41(54-68-47-15-9-12-26-62-47)38-27-33(13-7-10-23-56)37(14-8-11-24-57)48-39-29-36(18-21-42(39)67-52(46,49(38)48)65-25-6-2)66-51(59)53-40-19-17-35(60-3)30-44(40)61-4/h6,16-21,27-30,33,37,46-49,56-57H,2,5,7-15,22-26,31-32H2,1,3-4H3,(H,53,59)/t33-,37+,46-,47?,48+,49+,52+/m0/s1. The summed E-state index contributed by atoms with van der Waals surface area (Å²) < 4.78 is 48.8. The molecule has 0 radical (unpaired) electrons. The molecule has 1 unspecified atom stereocenters. The maximum atomic E-state index is 15.2. The number of aliphatic hydroxyl groups is 2. The summed E-state index contributed by atoms with van der Waals surface area (Å²) in [5.41, 5.74) is 3.15. The SMILES string of the molecule is C=CCO[C@@]12Oc3ccc(OC(=O)Nc4ccc(OC)cc4OC)cc3[C@H]3[C@H](CCCCO)[C@@H](CCCCO)C=C(C(=NOC4CCCCO4)C[C@@H]1N(CCC)C(=O)c1ccc4c(c1)OCO4)[C@H]32. The van der Waals surface area contributed by atoms with Crippen LogP contribution in [0.4, 0.5) is 10.5 Å². The maximum absolute atomic E-state index is 15.2. The van der Waals surface area contributed by atoms with Gasteiger partial charge in [-0.05, 0) is 111 Å². The van der Waals surface area contributed by atoms with E-state index in [4.69, 9.17) is 47.9 Å². The monoisotopic (exact) mass is 939 g/mol. The number of benzene rings is 3. The molecule has 366 valence electrons. The number of carbonyl (C=O) groups excluding carboxylic acids is 2. The van der Waals surface area contributed by atoms with E-state index in [1.807, 2.05) is 17.9 Å². The molecule has 0 aromatic heterocycles. The first-order valence-electron chi connectivity index (χ1n) is 24.0. The second kappa shape index (κ2) is 22.5. The van der Waals surface area contributed by atoms with Gasteiger partial charge in [0.25, 0.3) is 5.91 Å². The Morgan fingerprint density at radius 1 is 0.941 bits per heavy atom. The number of rotatable bonds is 21. The van der Waals surface area contributed by atoms with Crippen molar-refractivity contribution in [3.63, 3.8) is 0 Å². The molecule has 3 N–H and O–H groups in total. The Kier molecular flexibility index (Phi) is 16.1. The van der Waals surface area contributed by atoms with Gasteiger partial charge in [-0.25, -0.2) is 4.79 Å². The Balaban J connectivity index is 1.28. The van der Waals surface area contributed by atoms with E-state index < -0.39 is 30.1 Å². The number of fused-ring (bicyclic) bond motifs is 3. The number of hydrogen-bond donors (Lipinski definition) is 3. The predicted molar refractivity (Wildman–Crippen MR) is 253 cm³/mol. The summed E-state index contributed by atoms with van der Waals surface area (Å²) in [5, 5.41) is 27.8. The Morgan fingerprint density at radius 3 is 2.49 bits per heavy atom. The summed E-state index contributed by atoms with van der Waals surface area (Å²) >= 11 is 0. The van der Waals surface area contributed by atoms with Crippen molar-refractivity contribution in [2.24, 2.45) is 22.9 Å². The first-order valence-corrected chi connectivity index (χ1v) is 24.0. The van der Waals surface area contributed by atoms with Crippen molar-refractivity contribution in [3.05, 3.63) is 90.0 Å². The highest BCUT2D eigenvalue weighted by Gasteiger charge is 2.65. The number of methoxy groups -OCH3 is 2. The molecule has 1 saturated heterocycles.